The van der Waals surface area contributed by atoms with Crippen LogP contribution in [0.4, 0.5) is 15.8 Å². The number of nitrogens with zero attached hydrogens (tertiary/aromatic N) is 1. The van der Waals surface area contributed by atoms with Gasteiger partial charge in [0.2, 0.25) is 0 Å². The summed E-state index contributed by atoms with van der Waals surface area (Å²) in [5.74, 6) is -0.935. The number of aromatic nitrogens is 1. The number of hydrogen-bond donors (Lipinski definition) is 2. The molecule has 0 radical (unpaired) electrons. The molecular formula is C18H13ClFN3O3S. The van der Waals surface area contributed by atoms with Gasteiger partial charge < -0.3 is 5.32 Å². The van der Waals surface area contributed by atoms with E-state index in [0.717, 1.165) is 0 Å². The molecule has 0 aliphatic carbocycles. The Balaban J connectivity index is 1.77. The Morgan fingerprint density at radius 2 is 1.63 bits per heavy atom. The van der Waals surface area contributed by atoms with Crippen molar-refractivity contribution in [1.82, 2.24) is 4.98 Å². The summed E-state index contributed by atoms with van der Waals surface area (Å²) >= 11 is 5.76. The second-order valence-electron chi connectivity index (χ2n) is 5.48. The van der Waals surface area contributed by atoms with Crippen molar-refractivity contribution < 1.29 is 17.6 Å². The molecule has 138 valence electrons. The monoisotopic (exact) mass is 405 g/mol. The fraction of sp³-hybridized carbons (Fsp3) is 0. The number of anilines is 2. The number of halogens is 2. The molecule has 0 saturated carbocycles. The molecule has 3 aromatic rings. The van der Waals surface area contributed by atoms with Gasteiger partial charge in [-0.05, 0) is 54.6 Å². The van der Waals surface area contributed by atoms with Crippen LogP contribution < -0.4 is 10.0 Å². The number of sulfonamides is 1. The van der Waals surface area contributed by atoms with Crippen molar-refractivity contribution in [2.75, 3.05) is 10.0 Å². The number of hydrogen-bond acceptors (Lipinski definition) is 4. The zero-order chi connectivity index (χ0) is 19.4. The molecule has 0 spiro atoms. The molecule has 1 heterocycles. The van der Waals surface area contributed by atoms with Crippen molar-refractivity contribution >= 4 is 38.9 Å². The van der Waals surface area contributed by atoms with Gasteiger partial charge in [0.15, 0.2) is 0 Å². The first kappa shape index (κ1) is 18.8. The fourth-order valence-electron chi connectivity index (χ4n) is 2.18. The quantitative estimate of drug-likeness (QED) is 0.673. The van der Waals surface area contributed by atoms with E-state index in [1.54, 1.807) is 0 Å². The van der Waals surface area contributed by atoms with Gasteiger partial charge in [0.1, 0.15) is 5.82 Å². The molecule has 6 nitrogen and oxygen atoms in total. The lowest BCUT2D eigenvalue weighted by molar-refractivity contribution is 0.102. The van der Waals surface area contributed by atoms with Gasteiger partial charge >= 0.3 is 0 Å². The van der Waals surface area contributed by atoms with Crippen LogP contribution in [0.15, 0.2) is 71.9 Å². The van der Waals surface area contributed by atoms with Crippen LogP contribution in [0.2, 0.25) is 5.02 Å². The average molecular weight is 406 g/mol. The molecule has 2 aromatic carbocycles. The molecule has 0 bridgehead atoms. The van der Waals surface area contributed by atoms with Crippen molar-refractivity contribution in [3.8, 4) is 0 Å². The highest BCUT2D eigenvalue weighted by Gasteiger charge is 2.15. The minimum Gasteiger partial charge on any atom is -0.322 e. The molecule has 0 atom stereocenters. The van der Waals surface area contributed by atoms with E-state index in [-0.39, 0.29) is 16.1 Å². The highest BCUT2D eigenvalue weighted by Crippen LogP contribution is 2.19. The van der Waals surface area contributed by atoms with Gasteiger partial charge in [-0.25, -0.2) is 12.8 Å². The lowest BCUT2D eigenvalue weighted by Gasteiger charge is -2.10. The Bertz CT molecular complexity index is 1070. The first-order chi connectivity index (χ1) is 12.8. The largest absolute Gasteiger partial charge is 0.322 e. The zero-order valence-electron chi connectivity index (χ0n) is 13.7. The molecule has 9 heteroatoms. The van der Waals surface area contributed by atoms with Crippen LogP contribution >= 0.6 is 11.6 Å². The van der Waals surface area contributed by atoms with Gasteiger partial charge in [0.25, 0.3) is 15.9 Å². The fourth-order valence-corrected chi connectivity index (χ4v) is 3.34. The Hall–Kier alpha value is -2.97. The molecule has 1 amide bonds. The third-order valence-corrected chi connectivity index (χ3v) is 5.13. The van der Waals surface area contributed by atoms with Crippen LogP contribution in [0.5, 0.6) is 0 Å². The van der Waals surface area contributed by atoms with Gasteiger partial charge in [-0.1, -0.05) is 11.6 Å². The van der Waals surface area contributed by atoms with Crippen molar-refractivity contribution in [2.24, 2.45) is 0 Å². The third kappa shape index (κ3) is 4.81. The van der Waals surface area contributed by atoms with Crippen molar-refractivity contribution in [3.05, 3.63) is 83.4 Å². The van der Waals surface area contributed by atoms with Crippen LogP contribution in [0.25, 0.3) is 0 Å². The predicted molar refractivity (Wildman–Crippen MR) is 101 cm³/mol. The molecule has 1 aromatic heterocycles. The van der Waals surface area contributed by atoms with E-state index in [4.69, 9.17) is 11.6 Å². The third-order valence-electron chi connectivity index (χ3n) is 3.48. The number of carbonyl (C=O) groups is 1. The zero-order valence-corrected chi connectivity index (χ0v) is 15.3. The molecular weight excluding hydrogens is 393 g/mol. The minimum atomic E-state index is -3.86. The standard InChI is InChI=1S/C18H13ClFN3O3S/c19-13-1-7-17(8-2-13)27(25,26)23-16-9-12(10-21-11-16)18(24)22-15-5-3-14(20)4-6-15/h1-11,23H,(H,22,24). The van der Waals surface area contributed by atoms with Gasteiger partial charge in [-0.2, -0.15) is 0 Å². The average Bonchev–Trinajstić information content (AvgIpc) is 2.64. The minimum absolute atomic E-state index is 0.0214. The highest BCUT2D eigenvalue weighted by atomic mass is 35.5. The van der Waals surface area contributed by atoms with Gasteiger partial charge in [-0.3, -0.25) is 14.5 Å². The van der Waals surface area contributed by atoms with Crippen LogP contribution in [0, 0.1) is 5.82 Å². The Morgan fingerprint density at radius 1 is 0.963 bits per heavy atom. The Labute approximate surface area is 160 Å². The smallest absolute Gasteiger partial charge is 0.261 e. The van der Waals surface area contributed by atoms with Crippen LogP contribution in [0.3, 0.4) is 0 Å². The number of carbonyl (C=O) groups excluding carboxylic acids is 1. The Kier molecular flexibility index (Phi) is 5.38. The van der Waals surface area contributed by atoms with Crippen LogP contribution in [0.1, 0.15) is 10.4 Å². The number of pyridine rings is 1. The number of benzene rings is 2. The van der Waals surface area contributed by atoms with E-state index in [2.05, 4.69) is 15.0 Å². The number of rotatable bonds is 5. The molecule has 0 unspecified atom stereocenters. The highest BCUT2D eigenvalue weighted by molar-refractivity contribution is 7.92. The summed E-state index contributed by atoms with van der Waals surface area (Å²) in [6.45, 7) is 0. The molecule has 0 aliphatic rings. The van der Waals surface area contributed by atoms with E-state index < -0.39 is 21.7 Å². The van der Waals surface area contributed by atoms with Crippen LogP contribution in [-0.4, -0.2) is 19.3 Å². The summed E-state index contributed by atoms with van der Waals surface area (Å²) in [5.41, 5.74) is 0.654. The predicted octanol–water partition coefficient (Wildman–Crippen LogP) is 3.93. The summed E-state index contributed by atoms with van der Waals surface area (Å²) in [6.07, 6.45) is 2.57. The molecule has 3 rings (SSSR count). The van der Waals surface area contributed by atoms with E-state index in [0.29, 0.717) is 10.7 Å². The van der Waals surface area contributed by atoms with E-state index in [9.17, 15) is 17.6 Å². The summed E-state index contributed by atoms with van der Waals surface area (Å²) < 4.78 is 40.1. The maximum absolute atomic E-state index is 12.9. The summed E-state index contributed by atoms with van der Waals surface area (Å²) in [5, 5.41) is 2.99. The maximum atomic E-state index is 12.9. The van der Waals surface area contributed by atoms with Gasteiger partial charge in [-0.15, -0.1) is 0 Å². The molecule has 2 N–H and O–H groups in total. The van der Waals surface area contributed by atoms with Crippen molar-refractivity contribution in [2.45, 2.75) is 4.90 Å². The van der Waals surface area contributed by atoms with E-state index in [1.165, 1.54) is 67.0 Å². The molecule has 0 aliphatic heterocycles. The van der Waals surface area contributed by atoms with E-state index >= 15 is 0 Å². The summed E-state index contributed by atoms with van der Waals surface area (Å²) in [4.78, 5) is 16.2. The lowest BCUT2D eigenvalue weighted by Crippen LogP contribution is -2.15. The first-order valence-electron chi connectivity index (χ1n) is 7.64. The maximum Gasteiger partial charge on any atom is 0.261 e. The number of amides is 1. The SMILES string of the molecule is O=C(Nc1ccc(F)cc1)c1cncc(NS(=O)(=O)c2ccc(Cl)cc2)c1. The normalized spacial score (nSPS) is 11.0. The first-order valence-corrected chi connectivity index (χ1v) is 9.50. The number of nitrogens with one attached hydrogen (secondary N) is 2. The summed E-state index contributed by atoms with van der Waals surface area (Å²) in [7, 11) is -3.86. The summed E-state index contributed by atoms with van der Waals surface area (Å²) in [6, 6.07) is 12.2. The van der Waals surface area contributed by atoms with Gasteiger partial charge in [0.05, 0.1) is 22.3 Å². The molecule has 0 fully saturated rings. The molecule has 27 heavy (non-hydrogen) atoms. The topological polar surface area (TPSA) is 88.2 Å². The Morgan fingerprint density at radius 3 is 2.30 bits per heavy atom. The lowest BCUT2D eigenvalue weighted by atomic mass is 10.2. The molecule has 0 saturated heterocycles. The van der Waals surface area contributed by atoms with Crippen LogP contribution in [-0.2, 0) is 10.0 Å². The second-order valence-corrected chi connectivity index (χ2v) is 7.60. The second kappa shape index (κ2) is 7.73. The van der Waals surface area contributed by atoms with E-state index in [1.807, 2.05) is 0 Å². The van der Waals surface area contributed by atoms with Gasteiger partial charge in [0, 0.05) is 16.9 Å². The van der Waals surface area contributed by atoms with Crippen molar-refractivity contribution in [1.29, 1.82) is 0 Å². The van der Waals surface area contributed by atoms with Crippen molar-refractivity contribution in [3.63, 3.8) is 0 Å².